The van der Waals surface area contributed by atoms with Crippen LogP contribution in [0.1, 0.15) is 17.5 Å². The highest BCUT2D eigenvalue weighted by molar-refractivity contribution is 6.05. The summed E-state index contributed by atoms with van der Waals surface area (Å²) in [4.78, 5) is 23.5. The van der Waals surface area contributed by atoms with Crippen LogP contribution in [0.15, 0.2) is 12.1 Å². The summed E-state index contributed by atoms with van der Waals surface area (Å²) in [5, 5.41) is 3.35. The average molecular weight is 304 g/mol. The molecule has 0 aromatic heterocycles. The lowest BCUT2D eigenvalue weighted by Crippen LogP contribution is -2.77. The van der Waals surface area contributed by atoms with E-state index in [-0.39, 0.29) is 17.6 Å². The zero-order valence-corrected chi connectivity index (χ0v) is 12.3. The molecule has 0 bridgehead atoms. The molecule has 5 nitrogen and oxygen atoms in total. The Morgan fingerprint density at radius 2 is 2.23 bits per heavy atom. The minimum atomic E-state index is -0.583. The van der Waals surface area contributed by atoms with Gasteiger partial charge in [-0.2, -0.15) is 5.01 Å². The van der Waals surface area contributed by atoms with Crippen molar-refractivity contribution in [2.45, 2.75) is 24.8 Å². The van der Waals surface area contributed by atoms with Crippen molar-refractivity contribution in [2.75, 3.05) is 25.3 Å². The molecule has 1 aliphatic carbocycles. The van der Waals surface area contributed by atoms with E-state index in [2.05, 4.69) is 0 Å². The number of hydrazine groups is 1. The second kappa shape index (κ2) is 4.60. The number of nitrogens with zero attached hydrogens (tertiary/aromatic N) is 2. The number of rotatable bonds is 2. The lowest BCUT2D eigenvalue weighted by molar-refractivity contribution is -0.149. The number of ether oxygens (including phenoxy) is 1. The summed E-state index contributed by atoms with van der Waals surface area (Å²) in [6.45, 7) is 0.961. The molecule has 0 N–H and O–H groups in total. The molecule has 6 heteroatoms. The van der Waals surface area contributed by atoms with Crippen molar-refractivity contribution in [3.63, 3.8) is 0 Å². The maximum Gasteiger partial charge on any atom is 0.266 e. The van der Waals surface area contributed by atoms with Crippen LogP contribution in [0.25, 0.3) is 0 Å². The average Bonchev–Trinajstić information content (AvgIpc) is 3.15. The van der Waals surface area contributed by atoms with Gasteiger partial charge < -0.3 is 9.53 Å². The molecule has 1 unspecified atom stereocenters. The smallest absolute Gasteiger partial charge is 0.266 e. The maximum atomic E-state index is 14.3. The molecular formula is C16H17FN2O3. The number of anilines is 1. The fourth-order valence-electron chi connectivity index (χ4n) is 3.81. The number of fused-ring (bicyclic) bond motifs is 1. The van der Waals surface area contributed by atoms with Crippen molar-refractivity contribution in [1.82, 2.24) is 5.01 Å². The molecule has 2 saturated heterocycles. The number of halogens is 1. The van der Waals surface area contributed by atoms with E-state index in [0.717, 1.165) is 11.8 Å². The first kappa shape index (κ1) is 13.8. The Kier molecular flexibility index (Phi) is 2.90. The van der Waals surface area contributed by atoms with Gasteiger partial charge in [-0.15, -0.1) is 0 Å². The normalized spacial score (nSPS) is 30.7. The Morgan fingerprint density at radius 3 is 2.86 bits per heavy atom. The van der Waals surface area contributed by atoms with Crippen molar-refractivity contribution in [1.29, 1.82) is 0 Å². The van der Waals surface area contributed by atoms with E-state index in [1.807, 2.05) is 18.1 Å². The van der Waals surface area contributed by atoms with Gasteiger partial charge in [0, 0.05) is 26.0 Å². The van der Waals surface area contributed by atoms with Gasteiger partial charge in [-0.1, -0.05) is 0 Å². The first-order valence-corrected chi connectivity index (χ1v) is 7.49. The maximum absolute atomic E-state index is 14.3. The Labute approximate surface area is 127 Å². The highest BCUT2D eigenvalue weighted by Gasteiger charge is 2.60. The van der Waals surface area contributed by atoms with E-state index >= 15 is 0 Å². The zero-order chi connectivity index (χ0) is 15.5. The molecule has 22 heavy (non-hydrogen) atoms. The molecule has 2 atom stereocenters. The SMILES string of the molecule is CN1N(c2cc(F)c3c(c2)CC(C=O)C3)C(=O)[C@]12CCOC2. The largest absolute Gasteiger partial charge is 0.379 e. The standard InChI is InChI=1S/C16H17FN2O3/c1-18-16(2-3-22-9-16)15(21)19(18)12-6-11-4-10(8-20)5-13(11)14(17)7-12/h6-8,10H,2-5,9H2,1H3/t10?,16-/m1/s1. The van der Waals surface area contributed by atoms with E-state index in [9.17, 15) is 14.0 Å². The number of carbonyl (C=O) groups excluding carboxylic acids is 2. The van der Waals surface area contributed by atoms with E-state index in [1.165, 1.54) is 11.1 Å². The Balaban J connectivity index is 1.67. The summed E-state index contributed by atoms with van der Waals surface area (Å²) in [6.07, 6.45) is 2.54. The predicted molar refractivity (Wildman–Crippen MR) is 76.8 cm³/mol. The molecule has 4 rings (SSSR count). The van der Waals surface area contributed by atoms with Gasteiger partial charge in [0.2, 0.25) is 0 Å². The van der Waals surface area contributed by atoms with Crippen LogP contribution >= 0.6 is 0 Å². The molecule has 1 aromatic rings. The number of benzene rings is 1. The number of carbonyl (C=O) groups is 2. The van der Waals surface area contributed by atoms with Crippen LogP contribution in [0.3, 0.4) is 0 Å². The van der Waals surface area contributed by atoms with Gasteiger partial charge in [-0.25, -0.2) is 9.40 Å². The van der Waals surface area contributed by atoms with E-state index in [1.54, 1.807) is 0 Å². The fraction of sp³-hybridized carbons (Fsp3) is 0.500. The summed E-state index contributed by atoms with van der Waals surface area (Å²) in [7, 11) is 1.83. The van der Waals surface area contributed by atoms with Crippen LogP contribution in [-0.4, -0.2) is 43.0 Å². The van der Waals surface area contributed by atoms with Crippen LogP contribution in [0.4, 0.5) is 10.1 Å². The number of aldehydes is 1. The third-order valence-corrected chi connectivity index (χ3v) is 5.17. The van der Waals surface area contributed by atoms with Crippen molar-refractivity contribution < 1.29 is 18.7 Å². The van der Waals surface area contributed by atoms with Gasteiger partial charge in [0.1, 0.15) is 17.6 Å². The van der Waals surface area contributed by atoms with Gasteiger partial charge >= 0.3 is 0 Å². The fourth-order valence-corrected chi connectivity index (χ4v) is 3.81. The van der Waals surface area contributed by atoms with Crippen LogP contribution in [0, 0.1) is 11.7 Å². The first-order valence-electron chi connectivity index (χ1n) is 7.49. The lowest BCUT2D eigenvalue weighted by atomic mass is 9.91. The molecule has 1 amide bonds. The molecule has 1 spiro atoms. The molecular weight excluding hydrogens is 287 g/mol. The number of hydrogen-bond donors (Lipinski definition) is 0. The van der Waals surface area contributed by atoms with Gasteiger partial charge in [0.25, 0.3) is 5.91 Å². The summed E-state index contributed by atoms with van der Waals surface area (Å²) in [5.74, 6) is -0.530. The van der Waals surface area contributed by atoms with Crippen LogP contribution in [-0.2, 0) is 27.2 Å². The highest BCUT2D eigenvalue weighted by atomic mass is 19.1. The van der Waals surface area contributed by atoms with Crippen molar-refractivity contribution in [3.8, 4) is 0 Å². The summed E-state index contributed by atoms with van der Waals surface area (Å²) in [5.41, 5.74) is 1.39. The third-order valence-electron chi connectivity index (χ3n) is 5.17. The molecule has 0 saturated carbocycles. The molecule has 2 heterocycles. The second-order valence-electron chi connectivity index (χ2n) is 6.34. The van der Waals surface area contributed by atoms with Crippen LogP contribution in [0.5, 0.6) is 0 Å². The van der Waals surface area contributed by atoms with Crippen molar-refractivity contribution >= 4 is 17.9 Å². The zero-order valence-electron chi connectivity index (χ0n) is 12.3. The van der Waals surface area contributed by atoms with Crippen LogP contribution < -0.4 is 5.01 Å². The van der Waals surface area contributed by atoms with Gasteiger partial charge in [0.15, 0.2) is 0 Å². The Morgan fingerprint density at radius 1 is 1.41 bits per heavy atom. The van der Waals surface area contributed by atoms with E-state index < -0.39 is 5.54 Å². The Hall–Kier alpha value is -1.79. The number of likely N-dealkylation sites (N-methyl/N-ethyl adjacent to an activating group) is 1. The monoisotopic (exact) mass is 304 g/mol. The number of hydrogen-bond acceptors (Lipinski definition) is 4. The van der Waals surface area contributed by atoms with E-state index in [4.69, 9.17) is 4.74 Å². The summed E-state index contributed by atoms with van der Waals surface area (Å²) < 4.78 is 19.7. The minimum Gasteiger partial charge on any atom is -0.379 e. The van der Waals surface area contributed by atoms with E-state index in [0.29, 0.717) is 43.7 Å². The second-order valence-corrected chi connectivity index (χ2v) is 6.34. The van der Waals surface area contributed by atoms with Crippen molar-refractivity contribution in [2.24, 2.45) is 5.92 Å². The topological polar surface area (TPSA) is 49.9 Å². The first-order chi connectivity index (χ1) is 10.6. The molecule has 2 fully saturated rings. The minimum absolute atomic E-state index is 0.0446. The molecule has 1 aromatic carbocycles. The molecule has 0 radical (unpaired) electrons. The molecule has 116 valence electrons. The molecule has 2 aliphatic heterocycles. The summed E-state index contributed by atoms with van der Waals surface area (Å²) >= 11 is 0. The third kappa shape index (κ3) is 1.65. The Bertz CT molecular complexity index is 670. The highest BCUT2D eigenvalue weighted by Crippen LogP contribution is 2.42. The van der Waals surface area contributed by atoms with Gasteiger partial charge in [-0.3, -0.25) is 4.79 Å². The number of amides is 1. The van der Waals surface area contributed by atoms with Gasteiger partial charge in [-0.05, 0) is 36.1 Å². The lowest BCUT2D eigenvalue weighted by Gasteiger charge is -2.54. The summed E-state index contributed by atoms with van der Waals surface area (Å²) in [6, 6.07) is 3.22. The predicted octanol–water partition coefficient (Wildman–Crippen LogP) is 1.09. The van der Waals surface area contributed by atoms with Gasteiger partial charge in [0.05, 0.1) is 12.3 Å². The quantitative estimate of drug-likeness (QED) is 0.768. The van der Waals surface area contributed by atoms with Crippen molar-refractivity contribution in [3.05, 3.63) is 29.1 Å². The molecule has 3 aliphatic rings. The van der Waals surface area contributed by atoms with Crippen LogP contribution in [0.2, 0.25) is 0 Å².